The second-order valence-corrected chi connectivity index (χ2v) is 4.14. The van der Waals surface area contributed by atoms with E-state index in [0.717, 1.165) is 6.42 Å². The number of rotatable bonds is 2. The van der Waals surface area contributed by atoms with Gasteiger partial charge in [-0.25, -0.2) is 8.78 Å². The summed E-state index contributed by atoms with van der Waals surface area (Å²) in [4.78, 5) is 0. The van der Waals surface area contributed by atoms with Crippen LogP contribution in [0.15, 0.2) is 0 Å². The van der Waals surface area contributed by atoms with Crippen molar-refractivity contribution >= 4 is 0 Å². The first kappa shape index (κ1) is 10.9. The van der Waals surface area contributed by atoms with Gasteiger partial charge in [0, 0.05) is 0 Å². The van der Waals surface area contributed by atoms with Crippen molar-refractivity contribution in [3.63, 3.8) is 0 Å². The molecule has 3 N–H and O–H groups in total. The molecule has 4 heteroatoms. The second-order valence-electron chi connectivity index (χ2n) is 4.14. The number of aliphatic hydroxyl groups is 1. The third-order valence-electron chi connectivity index (χ3n) is 2.91. The van der Waals surface area contributed by atoms with Crippen molar-refractivity contribution in [3.8, 4) is 0 Å². The Labute approximate surface area is 77.1 Å². The maximum atomic E-state index is 13.2. The highest BCUT2D eigenvalue weighted by atomic mass is 19.3. The van der Waals surface area contributed by atoms with Gasteiger partial charge in [-0.15, -0.1) is 0 Å². The normalized spacial score (nSPS) is 36.2. The zero-order valence-corrected chi connectivity index (χ0v) is 7.89. The molecule has 0 bridgehead atoms. The number of nitrogens with two attached hydrogens (primary N) is 1. The highest BCUT2D eigenvalue weighted by molar-refractivity contribution is 4.97. The van der Waals surface area contributed by atoms with Gasteiger partial charge >= 0.3 is 0 Å². The largest absolute Gasteiger partial charge is 0.384 e. The van der Waals surface area contributed by atoms with Gasteiger partial charge in [-0.05, 0) is 18.8 Å². The molecule has 2 unspecified atom stereocenters. The van der Waals surface area contributed by atoms with Crippen molar-refractivity contribution in [2.75, 3.05) is 6.54 Å². The molecule has 1 rings (SSSR count). The van der Waals surface area contributed by atoms with Gasteiger partial charge in [0.05, 0.1) is 6.54 Å². The van der Waals surface area contributed by atoms with Crippen LogP contribution in [0.3, 0.4) is 0 Å². The average Bonchev–Trinajstić information content (AvgIpc) is 2.03. The topological polar surface area (TPSA) is 46.2 Å². The van der Waals surface area contributed by atoms with Crippen LogP contribution >= 0.6 is 0 Å². The Morgan fingerprint density at radius 2 is 2.23 bits per heavy atom. The Hall–Kier alpha value is -0.220. The highest BCUT2D eigenvalue weighted by Crippen LogP contribution is 2.41. The van der Waals surface area contributed by atoms with E-state index in [-0.39, 0.29) is 18.8 Å². The van der Waals surface area contributed by atoms with Crippen LogP contribution < -0.4 is 5.73 Å². The van der Waals surface area contributed by atoms with Crippen LogP contribution in [0.1, 0.15) is 32.6 Å². The van der Waals surface area contributed by atoms with Crippen LogP contribution in [0, 0.1) is 5.92 Å². The maximum Gasteiger partial charge on any atom is 0.288 e. The molecular weight excluding hydrogens is 176 g/mol. The summed E-state index contributed by atoms with van der Waals surface area (Å²) >= 11 is 0. The van der Waals surface area contributed by atoms with E-state index in [9.17, 15) is 13.9 Å². The Morgan fingerprint density at radius 1 is 1.62 bits per heavy atom. The fourth-order valence-electron chi connectivity index (χ4n) is 2.05. The molecule has 0 spiro atoms. The van der Waals surface area contributed by atoms with E-state index in [2.05, 4.69) is 0 Å². The summed E-state index contributed by atoms with van der Waals surface area (Å²) in [6.07, 6.45) is 1.91. The lowest BCUT2D eigenvalue weighted by atomic mass is 9.75. The van der Waals surface area contributed by atoms with Gasteiger partial charge in [0.2, 0.25) is 0 Å². The highest BCUT2D eigenvalue weighted by Gasteiger charge is 2.52. The maximum absolute atomic E-state index is 13.2. The minimum atomic E-state index is -3.14. The van der Waals surface area contributed by atoms with E-state index in [1.165, 1.54) is 0 Å². The lowest BCUT2D eigenvalue weighted by Gasteiger charge is -2.40. The standard InChI is InChI=1S/C9H17F2NO/c1-7-3-2-4-8(13,5-7)9(10,11)6-12/h7,13H,2-6,12H2,1H3. The summed E-state index contributed by atoms with van der Waals surface area (Å²) in [6.45, 7) is 1.12. The van der Waals surface area contributed by atoms with Gasteiger partial charge < -0.3 is 10.8 Å². The predicted octanol–water partition coefficient (Wildman–Crippen LogP) is 1.52. The first-order valence-corrected chi connectivity index (χ1v) is 4.71. The molecule has 78 valence electrons. The summed E-state index contributed by atoms with van der Waals surface area (Å²) in [5.74, 6) is -2.97. The lowest BCUT2D eigenvalue weighted by molar-refractivity contribution is -0.195. The molecule has 1 aliphatic rings. The molecule has 1 saturated carbocycles. The zero-order chi connectivity index (χ0) is 10.1. The molecule has 0 radical (unpaired) electrons. The molecule has 0 amide bonds. The van der Waals surface area contributed by atoms with Crippen molar-refractivity contribution in [1.82, 2.24) is 0 Å². The van der Waals surface area contributed by atoms with Crippen LogP contribution in [0.5, 0.6) is 0 Å². The third kappa shape index (κ3) is 1.99. The van der Waals surface area contributed by atoms with Crippen LogP contribution in [0.4, 0.5) is 8.78 Å². The molecule has 0 aromatic rings. The van der Waals surface area contributed by atoms with Crippen molar-refractivity contribution in [3.05, 3.63) is 0 Å². The molecule has 2 atom stereocenters. The quantitative estimate of drug-likeness (QED) is 0.698. The average molecular weight is 193 g/mol. The molecule has 2 nitrogen and oxygen atoms in total. The molecule has 1 aliphatic carbocycles. The molecule has 1 fully saturated rings. The van der Waals surface area contributed by atoms with E-state index in [4.69, 9.17) is 5.73 Å². The fraction of sp³-hybridized carbons (Fsp3) is 1.00. The first-order valence-electron chi connectivity index (χ1n) is 4.71. The molecule has 13 heavy (non-hydrogen) atoms. The van der Waals surface area contributed by atoms with Gasteiger partial charge in [0.1, 0.15) is 5.60 Å². The monoisotopic (exact) mass is 193 g/mol. The van der Waals surface area contributed by atoms with Crippen molar-refractivity contribution < 1.29 is 13.9 Å². The minimum Gasteiger partial charge on any atom is -0.384 e. The lowest BCUT2D eigenvalue weighted by Crippen LogP contribution is -2.54. The van der Waals surface area contributed by atoms with Crippen molar-refractivity contribution in [1.29, 1.82) is 0 Å². The van der Waals surface area contributed by atoms with E-state index < -0.39 is 18.1 Å². The zero-order valence-electron chi connectivity index (χ0n) is 7.89. The van der Waals surface area contributed by atoms with Gasteiger partial charge in [-0.2, -0.15) is 0 Å². The first-order chi connectivity index (χ1) is 5.91. The summed E-state index contributed by atoms with van der Waals surface area (Å²) < 4.78 is 26.4. The molecule has 0 saturated heterocycles. The second kappa shape index (κ2) is 3.50. The summed E-state index contributed by atoms with van der Waals surface area (Å²) in [7, 11) is 0. The molecular formula is C9H17F2NO. The summed E-state index contributed by atoms with van der Waals surface area (Å²) in [5.41, 5.74) is 3.10. The smallest absolute Gasteiger partial charge is 0.288 e. The molecule has 0 heterocycles. The van der Waals surface area contributed by atoms with Crippen molar-refractivity contribution in [2.24, 2.45) is 11.7 Å². The molecule has 0 aromatic heterocycles. The van der Waals surface area contributed by atoms with Crippen LogP contribution in [0.25, 0.3) is 0 Å². The number of halogens is 2. The Bertz CT molecular complexity index is 186. The predicted molar refractivity (Wildman–Crippen MR) is 46.6 cm³/mol. The Kier molecular flexibility index (Phi) is 2.92. The number of alkyl halides is 2. The number of hydrogen-bond donors (Lipinski definition) is 2. The van der Waals surface area contributed by atoms with Gasteiger partial charge in [-0.3, -0.25) is 0 Å². The molecule has 0 aliphatic heterocycles. The summed E-state index contributed by atoms with van der Waals surface area (Å²) in [6, 6.07) is 0. The SMILES string of the molecule is CC1CCCC(O)(C(F)(F)CN)C1. The molecule has 0 aromatic carbocycles. The van der Waals surface area contributed by atoms with Gasteiger partial charge in [0.25, 0.3) is 5.92 Å². The van der Waals surface area contributed by atoms with E-state index in [1.54, 1.807) is 0 Å². The minimum absolute atomic E-state index is 0.163. The van der Waals surface area contributed by atoms with Crippen LogP contribution in [0.2, 0.25) is 0 Å². The van der Waals surface area contributed by atoms with E-state index in [0.29, 0.717) is 6.42 Å². The Balaban J connectivity index is 2.74. The number of hydrogen-bond acceptors (Lipinski definition) is 2. The fourth-order valence-corrected chi connectivity index (χ4v) is 2.05. The summed E-state index contributed by atoms with van der Waals surface area (Å²) in [5, 5.41) is 9.74. The van der Waals surface area contributed by atoms with Crippen molar-refractivity contribution in [2.45, 2.75) is 44.1 Å². The van der Waals surface area contributed by atoms with Gasteiger partial charge in [-0.1, -0.05) is 19.8 Å². The van der Waals surface area contributed by atoms with Crippen LogP contribution in [-0.2, 0) is 0 Å². The Morgan fingerprint density at radius 3 is 2.69 bits per heavy atom. The van der Waals surface area contributed by atoms with E-state index in [1.807, 2.05) is 6.92 Å². The van der Waals surface area contributed by atoms with Gasteiger partial charge in [0.15, 0.2) is 0 Å². The third-order valence-corrected chi connectivity index (χ3v) is 2.91. The van der Waals surface area contributed by atoms with E-state index >= 15 is 0 Å². The van der Waals surface area contributed by atoms with Crippen LogP contribution in [-0.4, -0.2) is 23.2 Å².